The Morgan fingerprint density at radius 2 is 1.84 bits per heavy atom. The van der Waals surface area contributed by atoms with Gasteiger partial charge in [-0.25, -0.2) is 14.6 Å². The summed E-state index contributed by atoms with van der Waals surface area (Å²) in [6.07, 6.45) is -1.35. The molecule has 2 aromatic carbocycles. The van der Waals surface area contributed by atoms with Gasteiger partial charge < -0.3 is 28.6 Å². The fourth-order valence-corrected chi connectivity index (χ4v) is 4.89. The Morgan fingerprint density at radius 1 is 1.11 bits per heavy atom. The predicted molar refractivity (Wildman–Crippen MR) is 132 cm³/mol. The predicted octanol–water partition coefficient (Wildman–Crippen LogP) is 4.14. The number of aryl methyl sites for hydroxylation is 1. The van der Waals surface area contributed by atoms with Gasteiger partial charge >= 0.3 is 19.6 Å². The lowest BCUT2D eigenvalue weighted by Crippen LogP contribution is -2.33. The van der Waals surface area contributed by atoms with Crippen LogP contribution in [0.25, 0.3) is 5.69 Å². The average molecular weight is 533 g/mol. The molecule has 0 saturated carbocycles. The number of carbonyl (C=O) groups excluding carboxylic acids is 1. The van der Waals surface area contributed by atoms with Gasteiger partial charge in [-0.2, -0.15) is 5.10 Å². The lowest BCUT2D eigenvalue weighted by molar-refractivity contribution is -0.138. The fourth-order valence-electron chi connectivity index (χ4n) is 3.21. The lowest BCUT2D eigenvalue weighted by Gasteiger charge is -2.23. The molecule has 198 valence electrons. The number of rotatable bonds is 12. The number of nitrogens with zero attached hydrogens (tertiary/aromatic N) is 2. The molecule has 0 spiro atoms. The third-order valence-electron chi connectivity index (χ3n) is 4.88. The van der Waals surface area contributed by atoms with E-state index in [4.69, 9.17) is 28.6 Å². The molecule has 0 aliphatic heterocycles. The van der Waals surface area contributed by atoms with Crippen molar-refractivity contribution in [2.75, 3.05) is 20.6 Å². The van der Waals surface area contributed by atoms with E-state index in [-0.39, 0.29) is 24.0 Å². The van der Waals surface area contributed by atoms with E-state index in [9.17, 15) is 14.2 Å². The van der Waals surface area contributed by atoms with Gasteiger partial charge in [0, 0.05) is 13.2 Å². The summed E-state index contributed by atoms with van der Waals surface area (Å²) in [5, 5.41) is 16.0. The molecule has 2 unspecified atom stereocenters. The third kappa shape index (κ3) is 7.56. The van der Waals surface area contributed by atoms with Crippen molar-refractivity contribution < 1.29 is 42.7 Å². The maximum Gasteiger partial charge on any atom is 0.515 e. The number of methoxy groups -OCH3 is 2. The Bertz CT molecular complexity index is 1280. The van der Waals surface area contributed by atoms with Crippen LogP contribution in [0.5, 0.6) is 17.4 Å². The highest BCUT2D eigenvalue weighted by Crippen LogP contribution is 2.46. The molecule has 0 bridgehead atoms. The Balaban J connectivity index is 1.72. The second-order valence-electron chi connectivity index (χ2n) is 7.87. The minimum Gasteiger partial charge on any atom is -0.493 e. The molecule has 0 radical (unpaired) electrons. The molecule has 2 N–H and O–H groups in total. The molecule has 37 heavy (non-hydrogen) atoms. The summed E-state index contributed by atoms with van der Waals surface area (Å²) in [6.45, 7) is 2.89. The van der Waals surface area contributed by atoms with Gasteiger partial charge in [0.15, 0.2) is 11.5 Å². The highest BCUT2D eigenvalue weighted by Gasteiger charge is 2.31. The summed E-state index contributed by atoms with van der Waals surface area (Å²) < 4.78 is 41.2. The number of carbonyl (C=O) groups is 2. The molecule has 0 aliphatic rings. The van der Waals surface area contributed by atoms with Crippen molar-refractivity contribution in [1.29, 1.82) is 0 Å². The van der Waals surface area contributed by atoms with E-state index in [1.165, 1.54) is 38.0 Å². The van der Waals surface area contributed by atoms with Crippen LogP contribution in [0.1, 0.15) is 18.2 Å². The van der Waals surface area contributed by atoms with Gasteiger partial charge in [0.05, 0.1) is 18.5 Å². The van der Waals surface area contributed by atoms with Gasteiger partial charge in [0.1, 0.15) is 19.0 Å². The minimum atomic E-state index is -3.80. The van der Waals surface area contributed by atoms with E-state index < -0.39 is 32.0 Å². The van der Waals surface area contributed by atoms with Gasteiger partial charge in [-0.15, -0.1) is 0 Å². The normalized spacial score (nSPS) is 13.3. The first-order valence-electron chi connectivity index (χ1n) is 11.1. The first-order valence-corrected chi connectivity index (χ1v) is 12.9. The molecule has 2 atom stereocenters. The molecule has 12 nitrogen and oxygen atoms in total. The van der Waals surface area contributed by atoms with Gasteiger partial charge in [-0.1, -0.05) is 24.3 Å². The lowest BCUT2D eigenvalue weighted by atomic mass is 10.2. The van der Waals surface area contributed by atoms with Crippen molar-refractivity contribution in [3.8, 4) is 23.1 Å². The molecule has 13 heteroatoms. The van der Waals surface area contributed by atoms with Crippen molar-refractivity contribution >= 4 is 19.6 Å². The number of aliphatic carboxylic acids is 1. The number of carboxylic acid groups (broad SMARTS) is 1. The third-order valence-corrected chi connectivity index (χ3v) is 6.75. The monoisotopic (exact) mass is 533 g/mol. The first-order chi connectivity index (χ1) is 17.6. The van der Waals surface area contributed by atoms with Crippen LogP contribution in [0, 0.1) is 6.92 Å². The van der Waals surface area contributed by atoms with Crippen molar-refractivity contribution in [3.63, 3.8) is 0 Å². The fraction of sp³-hybridized carbons (Fsp3) is 0.292. The van der Waals surface area contributed by atoms with E-state index >= 15 is 0 Å². The highest BCUT2D eigenvalue weighted by atomic mass is 31.2. The number of hydrogen-bond acceptors (Lipinski definition) is 9. The number of aromatic nitrogens is 2. The molecule has 1 heterocycles. The van der Waals surface area contributed by atoms with Crippen molar-refractivity contribution in [2.45, 2.75) is 26.5 Å². The second-order valence-corrected chi connectivity index (χ2v) is 9.91. The summed E-state index contributed by atoms with van der Waals surface area (Å²) in [6, 6.07) is 14.2. The van der Waals surface area contributed by atoms with Crippen LogP contribution in [0.3, 0.4) is 0 Å². The van der Waals surface area contributed by atoms with Crippen LogP contribution < -0.4 is 19.1 Å². The van der Waals surface area contributed by atoms with E-state index in [1.807, 2.05) is 30.3 Å². The molecule has 3 rings (SSSR count). The number of nitrogens with one attached hydrogen (secondary N) is 1. The van der Waals surface area contributed by atoms with E-state index in [0.717, 1.165) is 0 Å². The van der Waals surface area contributed by atoms with Crippen molar-refractivity contribution in [2.24, 2.45) is 0 Å². The first kappa shape index (κ1) is 27.7. The zero-order valence-electron chi connectivity index (χ0n) is 20.7. The van der Waals surface area contributed by atoms with Crippen LogP contribution in [0.2, 0.25) is 0 Å². The van der Waals surface area contributed by atoms with Crippen LogP contribution in [0.4, 0.5) is 4.79 Å². The SMILES string of the molecule is COCP(=O)(NC(C)C(=O)O)Oc1cc(COC(=O)Oc2cc(C)nn2-c2ccccc2)ccc1OC. The quantitative estimate of drug-likeness (QED) is 0.256. The van der Waals surface area contributed by atoms with E-state index in [1.54, 1.807) is 19.1 Å². The summed E-state index contributed by atoms with van der Waals surface area (Å²) in [7, 11) is -1.10. The number of para-hydroxylation sites is 1. The molecule has 3 aromatic rings. The Kier molecular flexibility index (Phi) is 9.29. The Hall–Kier alpha value is -3.86. The van der Waals surface area contributed by atoms with Crippen LogP contribution in [-0.2, 0) is 25.4 Å². The van der Waals surface area contributed by atoms with E-state index in [2.05, 4.69) is 10.2 Å². The van der Waals surface area contributed by atoms with Gasteiger partial charge in [-0.3, -0.25) is 9.36 Å². The summed E-state index contributed by atoms with van der Waals surface area (Å²) in [5.74, 6) is -0.752. The number of hydrogen-bond donors (Lipinski definition) is 2. The summed E-state index contributed by atoms with van der Waals surface area (Å²) >= 11 is 0. The number of benzene rings is 2. The molecule has 0 saturated heterocycles. The highest BCUT2D eigenvalue weighted by molar-refractivity contribution is 7.57. The topological polar surface area (TPSA) is 147 Å². The van der Waals surface area contributed by atoms with Crippen molar-refractivity contribution in [3.05, 3.63) is 65.9 Å². The average Bonchev–Trinajstić information content (AvgIpc) is 3.23. The number of carboxylic acids is 1. The van der Waals surface area contributed by atoms with E-state index in [0.29, 0.717) is 16.9 Å². The summed E-state index contributed by atoms with van der Waals surface area (Å²) in [4.78, 5) is 23.6. The van der Waals surface area contributed by atoms with Gasteiger partial charge in [0.25, 0.3) is 0 Å². The van der Waals surface area contributed by atoms with Crippen LogP contribution in [0.15, 0.2) is 54.6 Å². The summed E-state index contributed by atoms with van der Waals surface area (Å²) in [5.41, 5.74) is 1.83. The van der Waals surface area contributed by atoms with Crippen LogP contribution >= 0.6 is 7.52 Å². The number of ether oxygens (including phenoxy) is 4. The standard InChI is InChI=1S/C24H28N3O9P/c1-16-12-22(27(25-16)19-8-6-5-7-9-19)35-24(30)34-14-18-10-11-20(33-4)21(13-18)36-37(31,15-32-3)26-17(2)23(28)29/h5-13,17H,14-15H2,1-4H3,(H,26,31)(H,28,29). The van der Waals surface area contributed by atoms with Crippen molar-refractivity contribution in [1.82, 2.24) is 14.9 Å². The second kappa shape index (κ2) is 12.4. The molecular weight excluding hydrogens is 505 g/mol. The Morgan fingerprint density at radius 3 is 2.49 bits per heavy atom. The molecular formula is C24H28N3O9P. The molecule has 0 amide bonds. The maximum atomic E-state index is 13.2. The smallest absolute Gasteiger partial charge is 0.493 e. The van der Waals surface area contributed by atoms with Gasteiger partial charge in [-0.05, 0) is 43.7 Å². The maximum absolute atomic E-state index is 13.2. The zero-order valence-corrected chi connectivity index (χ0v) is 21.6. The van der Waals surface area contributed by atoms with Gasteiger partial charge in [0.2, 0.25) is 5.88 Å². The largest absolute Gasteiger partial charge is 0.515 e. The molecule has 0 fully saturated rings. The van der Waals surface area contributed by atoms with Crippen LogP contribution in [-0.4, -0.2) is 53.6 Å². The minimum absolute atomic E-state index is 0.0419. The zero-order chi connectivity index (χ0) is 27.0. The Labute approximate surface area is 213 Å². The molecule has 0 aliphatic carbocycles. The molecule has 1 aromatic heterocycles.